The van der Waals surface area contributed by atoms with Gasteiger partial charge in [-0.2, -0.15) is 15.0 Å². The molecule has 108 valence electrons. The second-order valence-corrected chi connectivity index (χ2v) is 5.75. The maximum atomic E-state index is 7.29. The van der Waals surface area contributed by atoms with Crippen LogP contribution in [-0.4, -0.2) is 51.6 Å². The van der Waals surface area contributed by atoms with E-state index < -0.39 is 0 Å². The highest BCUT2D eigenvalue weighted by molar-refractivity contribution is 8.14. The molecule has 0 aromatic carbocycles. The van der Waals surface area contributed by atoms with Crippen molar-refractivity contribution in [3.8, 4) is 0 Å². The number of nitrogens with zero attached hydrogens (tertiary/aromatic N) is 4. The molecule has 0 aliphatic carbocycles. The van der Waals surface area contributed by atoms with Gasteiger partial charge in [0.15, 0.2) is 10.3 Å². The summed E-state index contributed by atoms with van der Waals surface area (Å²) in [6.45, 7) is 2.57. The molecule has 0 radical (unpaired) electrons. The molecule has 6 N–H and O–H groups in total. The van der Waals surface area contributed by atoms with Crippen LogP contribution >= 0.6 is 23.5 Å². The zero-order valence-corrected chi connectivity index (χ0v) is 12.1. The minimum absolute atomic E-state index is 0.108. The quantitative estimate of drug-likeness (QED) is 0.334. The van der Waals surface area contributed by atoms with Crippen LogP contribution in [0.25, 0.3) is 0 Å². The van der Waals surface area contributed by atoms with E-state index >= 15 is 0 Å². The van der Waals surface area contributed by atoms with Crippen LogP contribution in [0.2, 0.25) is 0 Å². The second-order valence-electron chi connectivity index (χ2n) is 3.73. The SMILES string of the molecule is N=C(N)Sc1nc(SC(=N)N)nc(N2CCOCC2)n1. The maximum absolute atomic E-state index is 7.29. The summed E-state index contributed by atoms with van der Waals surface area (Å²) in [6, 6.07) is 0. The lowest BCUT2D eigenvalue weighted by Crippen LogP contribution is -2.37. The van der Waals surface area contributed by atoms with Crippen LogP contribution in [0, 0.1) is 10.8 Å². The molecule has 0 atom stereocenters. The van der Waals surface area contributed by atoms with Gasteiger partial charge in [0, 0.05) is 13.1 Å². The average Bonchev–Trinajstić information content (AvgIpc) is 2.38. The molecule has 0 spiro atoms. The molecular formula is C9H14N8OS2. The van der Waals surface area contributed by atoms with E-state index in [-0.39, 0.29) is 10.3 Å². The second kappa shape index (κ2) is 6.72. The van der Waals surface area contributed by atoms with E-state index in [1.165, 1.54) is 0 Å². The highest BCUT2D eigenvalue weighted by Crippen LogP contribution is 2.21. The molecular weight excluding hydrogens is 300 g/mol. The Bertz CT molecular complexity index is 484. The number of nitrogens with two attached hydrogens (primary N) is 2. The Morgan fingerprint density at radius 1 is 1.00 bits per heavy atom. The van der Waals surface area contributed by atoms with Gasteiger partial charge in [0.25, 0.3) is 0 Å². The van der Waals surface area contributed by atoms with Crippen molar-refractivity contribution in [3.05, 3.63) is 0 Å². The molecule has 2 heterocycles. The lowest BCUT2D eigenvalue weighted by atomic mass is 10.4. The molecule has 1 aromatic rings. The van der Waals surface area contributed by atoms with Gasteiger partial charge in [0.05, 0.1) is 13.2 Å². The predicted molar refractivity (Wildman–Crippen MR) is 78.4 cm³/mol. The fraction of sp³-hybridized carbons (Fsp3) is 0.444. The molecule has 1 aliphatic rings. The van der Waals surface area contributed by atoms with Crippen molar-refractivity contribution < 1.29 is 4.74 Å². The Labute approximate surface area is 123 Å². The molecule has 20 heavy (non-hydrogen) atoms. The Hall–Kier alpha value is -1.59. The van der Waals surface area contributed by atoms with Gasteiger partial charge in [0.2, 0.25) is 16.3 Å². The number of morpholine rings is 1. The molecule has 1 aliphatic heterocycles. The predicted octanol–water partition coefficient (Wildman–Crippen LogP) is -0.321. The lowest BCUT2D eigenvalue weighted by molar-refractivity contribution is 0.122. The van der Waals surface area contributed by atoms with Crippen molar-refractivity contribution in [2.75, 3.05) is 31.2 Å². The number of rotatable bonds is 3. The van der Waals surface area contributed by atoms with Crippen molar-refractivity contribution in [2.24, 2.45) is 11.5 Å². The van der Waals surface area contributed by atoms with Crippen molar-refractivity contribution in [3.63, 3.8) is 0 Å². The van der Waals surface area contributed by atoms with E-state index in [0.717, 1.165) is 23.5 Å². The molecule has 1 fully saturated rings. The number of anilines is 1. The van der Waals surface area contributed by atoms with Crippen LogP contribution < -0.4 is 16.4 Å². The fourth-order valence-electron chi connectivity index (χ4n) is 1.52. The number of amidine groups is 2. The summed E-state index contributed by atoms with van der Waals surface area (Å²) in [5, 5.41) is 15.0. The highest BCUT2D eigenvalue weighted by Gasteiger charge is 2.17. The van der Waals surface area contributed by atoms with Gasteiger partial charge in [-0.1, -0.05) is 0 Å². The molecule has 1 aromatic heterocycles. The monoisotopic (exact) mass is 314 g/mol. The number of ether oxygens (including phenoxy) is 1. The molecule has 1 saturated heterocycles. The van der Waals surface area contributed by atoms with Crippen LogP contribution in [0.3, 0.4) is 0 Å². The summed E-state index contributed by atoms with van der Waals surface area (Å²) in [5.41, 5.74) is 10.7. The zero-order chi connectivity index (χ0) is 14.5. The Morgan fingerprint density at radius 2 is 1.50 bits per heavy atom. The first kappa shape index (κ1) is 14.8. The zero-order valence-electron chi connectivity index (χ0n) is 10.5. The topological polar surface area (TPSA) is 151 Å². The normalized spacial score (nSPS) is 15.1. The highest BCUT2D eigenvalue weighted by atomic mass is 32.2. The lowest BCUT2D eigenvalue weighted by Gasteiger charge is -2.26. The van der Waals surface area contributed by atoms with E-state index in [0.29, 0.717) is 42.6 Å². The van der Waals surface area contributed by atoms with Crippen LogP contribution in [-0.2, 0) is 4.74 Å². The maximum Gasteiger partial charge on any atom is 0.230 e. The molecule has 11 heteroatoms. The standard InChI is InChI=1S/C9H14N8OS2/c10-5(11)19-8-14-7(17-1-3-18-4-2-17)15-9(16-8)20-6(12)13/h1-4H2,(H3,10,11)(H3,12,13). The van der Waals surface area contributed by atoms with Gasteiger partial charge in [-0.3, -0.25) is 10.8 Å². The first-order valence-corrected chi connectivity index (χ1v) is 7.30. The third-order valence-electron chi connectivity index (χ3n) is 2.28. The minimum atomic E-state index is -0.108. The van der Waals surface area contributed by atoms with Gasteiger partial charge in [-0.25, -0.2) is 0 Å². The number of hydrogen-bond acceptors (Lipinski definition) is 9. The van der Waals surface area contributed by atoms with Crippen LogP contribution in [0.5, 0.6) is 0 Å². The van der Waals surface area contributed by atoms with Crippen LogP contribution in [0.15, 0.2) is 10.3 Å². The first-order valence-electron chi connectivity index (χ1n) is 5.67. The average molecular weight is 314 g/mol. The molecule has 9 nitrogen and oxygen atoms in total. The van der Waals surface area contributed by atoms with Crippen LogP contribution in [0.1, 0.15) is 0 Å². The summed E-state index contributed by atoms with van der Waals surface area (Å²) < 4.78 is 5.28. The molecule has 0 bridgehead atoms. The minimum Gasteiger partial charge on any atom is -0.378 e. The van der Waals surface area contributed by atoms with Gasteiger partial charge in [-0.15, -0.1) is 0 Å². The number of hydrogen-bond donors (Lipinski definition) is 4. The van der Waals surface area contributed by atoms with Crippen molar-refractivity contribution >= 4 is 39.8 Å². The van der Waals surface area contributed by atoms with E-state index in [9.17, 15) is 0 Å². The summed E-state index contributed by atoms with van der Waals surface area (Å²) in [5.74, 6) is 0.482. The van der Waals surface area contributed by atoms with Crippen molar-refractivity contribution in [1.82, 2.24) is 15.0 Å². The van der Waals surface area contributed by atoms with E-state index in [1.54, 1.807) is 0 Å². The summed E-state index contributed by atoms with van der Waals surface area (Å²) in [7, 11) is 0. The van der Waals surface area contributed by atoms with Crippen LogP contribution in [0.4, 0.5) is 5.95 Å². The Morgan fingerprint density at radius 3 is 1.95 bits per heavy atom. The van der Waals surface area contributed by atoms with Gasteiger partial charge in [-0.05, 0) is 23.5 Å². The van der Waals surface area contributed by atoms with Gasteiger partial charge < -0.3 is 21.1 Å². The third kappa shape index (κ3) is 4.21. The largest absolute Gasteiger partial charge is 0.378 e. The number of thioether (sulfide) groups is 2. The molecule has 0 amide bonds. The Balaban J connectivity index is 2.28. The van der Waals surface area contributed by atoms with Crippen molar-refractivity contribution in [2.45, 2.75) is 10.3 Å². The van der Waals surface area contributed by atoms with Crippen molar-refractivity contribution in [1.29, 1.82) is 10.8 Å². The van der Waals surface area contributed by atoms with Gasteiger partial charge in [0.1, 0.15) is 0 Å². The smallest absolute Gasteiger partial charge is 0.230 e. The number of aromatic nitrogens is 3. The Kier molecular flexibility index (Phi) is 4.98. The summed E-state index contributed by atoms with van der Waals surface area (Å²) in [6.07, 6.45) is 0. The molecule has 2 rings (SSSR count). The molecule has 0 unspecified atom stereocenters. The van der Waals surface area contributed by atoms with E-state index in [2.05, 4.69) is 15.0 Å². The first-order chi connectivity index (χ1) is 9.54. The summed E-state index contributed by atoms with van der Waals surface area (Å²) >= 11 is 1.87. The summed E-state index contributed by atoms with van der Waals surface area (Å²) in [4.78, 5) is 14.6. The molecule has 0 saturated carbocycles. The third-order valence-corrected chi connectivity index (χ3v) is 3.45. The fourth-order valence-corrected chi connectivity index (χ4v) is 2.49. The van der Waals surface area contributed by atoms with Gasteiger partial charge >= 0.3 is 0 Å². The number of nitrogens with one attached hydrogen (secondary N) is 2. The van der Waals surface area contributed by atoms with E-state index in [4.69, 9.17) is 27.0 Å². The van der Waals surface area contributed by atoms with E-state index in [1.807, 2.05) is 4.90 Å².